The number of hydrogen-bond acceptors (Lipinski definition) is 2. The Morgan fingerprint density at radius 3 is 2.00 bits per heavy atom. The summed E-state index contributed by atoms with van der Waals surface area (Å²) >= 11 is 0. The number of hydrogen-bond donors (Lipinski definition) is 0. The highest BCUT2D eigenvalue weighted by atomic mass is 16.2. The minimum absolute atomic E-state index is 0.137. The molecule has 0 aromatic carbocycles. The average Bonchev–Trinajstić information content (AvgIpc) is 2.75. The van der Waals surface area contributed by atoms with Crippen LogP contribution < -0.4 is 0 Å². The van der Waals surface area contributed by atoms with E-state index in [4.69, 9.17) is 0 Å². The molecular formula is C17H29NO2. The van der Waals surface area contributed by atoms with Gasteiger partial charge in [0.15, 0.2) is 0 Å². The predicted octanol–water partition coefficient (Wildman–Crippen LogP) is 4.08. The lowest BCUT2D eigenvalue weighted by Crippen LogP contribution is -2.34. The highest BCUT2D eigenvalue weighted by Crippen LogP contribution is 2.20. The number of nitrogens with zero attached hydrogens (tertiary/aromatic N) is 1. The van der Waals surface area contributed by atoms with Gasteiger partial charge in [-0.25, -0.2) is 0 Å². The third-order valence-electron chi connectivity index (χ3n) is 4.02. The van der Waals surface area contributed by atoms with Crippen molar-refractivity contribution in [2.75, 3.05) is 6.54 Å². The van der Waals surface area contributed by atoms with Crippen LogP contribution in [0, 0.1) is 5.92 Å². The van der Waals surface area contributed by atoms with Crippen molar-refractivity contribution in [3.05, 3.63) is 12.2 Å². The predicted molar refractivity (Wildman–Crippen MR) is 82.3 cm³/mol. The first-order valence-corrected chi connectivity index (χ1v) is 8.22. The molecule has 114 valence electrons. The van der Waals surface area contributed by atoms with Gasteiger partial charge >= 0.3 is 0 Å². The fourth-order valence-corrected chi connectivity index (χ4v) is 2.73. The second kappa shape index (κ2) is 9.73. The molecule has 0 aromatic rings. The number of carbonyl (C=O) groups is 2. The molecular weight excluding hydrogens is 250 g/mol. The summed E-state index contributed by atoms with van der Waals surface area (Å²) in [5, 5.41) is 0. The fourth-order valence-electron chi connectivity index (χ4n) is 2.73. The van der Waals surface area contributed by atoms with Crippen molar-refractivity contribution in [1.29, 1.82) is 0 Å². The number of rotatable bonds is 11. The number of imide groups is 1. The van der Waals surface area contributed by atoms with Crippen molar-refractivity contribution in [3.63, 3.8) is 0 Å². The van der Waals surface area contributed by atoms with Crippen LogP contribution in [0.3, 0.4) is 0 Å². The first-order valence-electron chi connectivity index (χ1n) is 8.22. The lowest BCUT2D eigenvalue weighted by atomic mass is 9.94. The molecule has 1 heterocycles. The first kappa shape index (κ1) is 16.9. The van der Waals surface area contributed by atoms with Gasteiger partial charge in [0.1, 0.15) is 0 Å². The summed E-state index contributed by atoms with van der Waals surface area (Å²) in [6.45, 7) is 5.02. The summed E-state index contributed by atoms with van der Waals surface area (Å²) in [6, 6.07) is 0. The molecule has 3 nitrogen and oxygen atoms in total. The van der Waals surface area contributed by atoms with E-state index in [1.54, 1.807) is 0 Å². The Bertz CT molecular complexity index is 318. The van der Waals surface area contributed by atoms with E-state index in [0.717, 1.165) is 12.8 Å². The van der Waals surface area contributed by atoms with Crippen molar-refractivity contribution in [2.45, 2.75) is 71.6 Å². The second-order valence-electron chi connectivity index (χ2n) is 5.83. The molecule has 0 bridgehead atoms. The van der Waals surface area contributed by atoms with Gasteiger partial charge in [-0.2, -0.15) is 0 Å². The maximum Gasteiger partial charge on any atom is 0.253 e. The maximum atomic E-state index is 11.6. The molecule has 1 unspecified atom stereocenters. The molecule has 2 amide bonds. The van der Waals surface area contributed by atoms with E-state index in [-0.39, 0.29) is 11.8 Å². The molecule has 0 spiro atoms. The van der Waals surface area contributed by atoms with Crippen LogP contribution in [0.5, 0.6) is 0 Å². The molecule has 0 fully saturated rings. The van der Waals surface area contributed by atoms with Crippen LogP contribution in [-0.4, -0.2) is 23.3 Å². The molecule has 0 saturated carbocycles. The van der Waals surface area contributed by atoms with E-state index in [0.29, 0.717) is 12.5 Å². The van der Waals surface area contributed by atoms with Crippen LogP contribution in [0.25, 0.3) is 0 Å². The lowest BCUT2D eigenvalue weighted by molar-refractivity contribution is -0.137. The Hall–Kier alpha value is -1.12. The lowest BCUT2D eigenvalue weighted by Gasteiger charge is -2.22. The minimum Gasteiger partial charge on any atom is -0.275 e. The van der Waals surface area contributed by atoms with Gasteiger partial charge in [-0.15, -0.1) is 0 Å². The largest absolute Gasteiger partial charge is 0.275 e. The van der Waals surface area contributed by atoms with Gasteiger partial charge in [0.05, 0.1) is 0 Å². The molecule has 0 aliphatic carbocycles. The van der Waals surface area contributed by atoms with Crippen LogP contribution in [0.1, 0.15) is 71.6 Å². The van der Waals surface area contributed by atoms with Gasteiger partial charge in [-0.05, 0) is 18.8 Å². The van der Waals surface area contributed by atoms with E-state index in [9.17, 15) is 9.59 Å². The zero-order chi connectivity index (χ0) is 14.8. The zero-order valence-electron chi connectivity index (χ0n) is 13.1. The topological polar surface area (TPSA) is 37.4 Å². The molecule has 1 rings (SSSR count). The van der Waals surface area contributed by atoms with E-state index in [2.05, 4.69) is 13.8 Å². The van der Waals surface area contributed by atoms with Crippen LogP contribution in [0.4, 0.5) is 0 Å². The summed E-state index contributed by atoms with van der Waals surface area (Å²) < 4.78 is 0. The van der Waals surface area contributed by atoms with E-state index in [1.807, 2.05) is 0 Å². The average molecular weight is 279 g/mol. The van der Waals surface area contributed by atoms with Gasteiger partial charge < -0.3 is 0 Å². The molecule has 0 N–H and O–H groups in total. The smallest absolute Gasteiger partial charge is 0.253 e. The van der Waals surface area contributed by atoms with E-state index in [1.165, 1.54) is 62.0 Å². The molecule has 20 heavy (non-hydrogen) atoms. The van der Waals surface area contributed by atoms with Gasteiger partial charge in [0.2, 0.25) is 0 Å². The first-order chi connectivity index (χ1) is 9.69. The summed E-state index contributed by atoms with van der Waals surface area (Å²) in [4.78, 5) is 24.7. The van der Waals surface area contributed by atoms with Gasteiger partial charge in [0.25, 0.3) is 11.8 Å². The highest BCUT2D eigenvalue weighted by Gasteiger charge is 2.25. The SMILES string of the molecule is CCCCCCCC(CCCC)CN1C(=O)C=CC1=O. The van der Waals surface area contributed by atoms with Crippen LogP contribution in [-0.2, 0) is 9.59 Å². The van der Waals surface area contributed by atoms with Crippen molar-refractivity contribution in [3.8, 4) is 0 Å². The van der Waals surface area contributed by atoms with Crippen molar-refractivity contribution >= 4 is 11.8 Å². The zero-order valence-corrected chi connectivity index (χ0v) is 13.1. The van der Waals surface area contributed by atoms with Gasteiger partial charge in [-0.1, -0.05) is 58.8 Å². The number of carbonyl (C=O) groups excluding carboxylic acids is 2. The van der Waals surface area contributed by atoms with Crippen LogP contribution in [0.15, 0.2) is 12.2 Å². The molecule has 1 aliphatic heterocycles. The normalized spacial score (nSPS) is 16.2. The Balaban J connectivity index is 2.35. The summed E-state index contributed by atoms with van der Waals surface area (Å²) in [5.74, 6) is 0.203. The second-order valence-corrected chi connectivity index (χ2v) is 5.83. The molecule has 0 aromatic heterocycles. The molecule has 1 aliphatic rings. The van der Waals surface area contributed by atoms with E-state index >= 15 is 0 Å². The quantitative estimate of drug-likeness (QED) is 0.422. The van der Waals surface area contributed by atoms with Gasteiger partial charge in [0, 0.05) is 18.7 Å². The monoisotopic (exact) mass is 279 g/mol. The minimum atomic E-state index is -0.137. The van der Waals surface area contributed by atoms with Crippen LogP contribution >= 0.6 is 0 Å². The highest BCUT2D eigenvalue weighted by molar-refractivity contribution is 6.12. The molecule has 0 radical (unpaired) electrons. The summed E-state index contributed by atoms with van der Waals surface area (Å²) in [7, 11) is 0. The fraction of sp³-hybridized carbons (Fsp3) is 0.765. The summed E-state index contributed by atoms with van der Waals surface area (Å²) in [6.07, 6.45) is 13.8. The van der Waals surface area contributed by atoms with E-state index < -0.39 is 0 Å². The third kappa shape index (κ3) is 5.89. The van der Waals surface area contributed by atoms with Crippen molar-refractivity contribution < 1.29 is 9.59 Å². The Labute approximate surface area is 123 Å². The third-order valence-corrected chi connectivity index (χ3v) is 4.02. The van der Waals surface area contributed by atoms with Crippen molar-refractivity contribution in [2.24, 2.45) is 5.92 Å². The summed E-state index contributed by atoms with van der Waals surface area (Å²) in [5.41, 5.74) is 0. The Morgan fingerprint density at radius 1 is 0.850 bits per heavy atom. The molecule has 3 heteroatoms. The standard InChI is InChI=1S/C17H29NO2/c1-3-5-7-8-9-11-15(10-6-4-2)14-18-16(19)12-13-17(18)20/h12-13,15H,3-11,14H2,1-2H3. The van der Waals surface area contributed by atoms with Gasteiger partial charge in [-0.3, -0.25) is 14.5 Å². The molecule has 1 atom stereocenters. The maximum absolute atomic E-state index is 11.6. The Kier molecular flexibility index (Phi) is 8.24. The number of unbranched alkanes of at least 4 members (excludes halogenated alkanes) is 5. The molecule has 0 saturated heterocycles. The van der Waals surface area contributed by atoms with Crippen LogP contribution in [0.2, 0.25) is 0 Å². The number of amides is 2. The Morgan fingerprint density at radius 2 is 1.40 bits per heavy atom. The van der Waals surface area contributed by atoms with Crippen molar-refractivity contribution in [1.82, 2.24) is 4.90 Å².